The van der Waals surface area contributed by atoms with Crippen molar-refractivity contribution in [1.29, 1.82) is 0 Å². The van der Waals surface area contributed by atoms with E-state index >= 15 is 0 Å². The molecule has 0 aliphatic rings. The number of nitrogens with zero attached hydrogens (tertiary/aromatic N) is 2. The van der Waals surface area contributed by atoms with E-state index in [0.29, 0.717) is 12.0 Å². The zero-order valence-electron chi connectivity index (χ0n) is 13.3. The van der Waals surface area contributed by atoms with Crippen LogP contribution in [0, 0.1) is 0 Å². The topological polar surface area (TPSA) is 28.2 Å². The number of nitrogens with one attached hydrogen (secondary N) is 1. The molecule has 1 atom stereocenters. The first-order valence-corrected chi connectivity index (χ1v) is 7.37. The molecular formula is C16H29N3. The van der Waals surface area contributed by atoms with Crippen LogP contribution >= 0.6 is 0 Å². The van der Waals surface area contributed by atoms with Crippen molar-refractivity contribution in [3.63, 3.8) is 0 Å². The van der Waals surface area contributed by atoms with Crippen LogP contribution in [0.2, 0.25) is 0 Å². The summed E-state index contributed by atoms with van der Waals surface area (Å²) in [6.45, 7) is 9.79. The molecule has 1 rings (SSSR count). The molecule has 19 heavy (non-hydrogen) atoms. The second-order valence-electron chi connectivity index (χ2n) is 5.69. The molecule has 0 spiro atoms. The SMILES string of the molecule is CCCC(C)N(C)c1cc(CNC)cc(C(C)C)n1. The maximum absolute atomic E-state index is 4.82. The van der Waals surface area contributed by atoms with Crippen molar-refractivity contribution >= 4 is 5.82 Å². The molecule has 1 heterocycles. The Morgan fingerprint density at radius 1 is 1.26 bits per heavy atom. The molecule has 0 aromatic carbocycles. The van der Waals surface area contributed by atoms with Gasteiger partial charge in [-0.05, 0) is 44.0 Å². The van der Waals surface area contributed by atoms with Gasteiger partial charge >= 0.3 is 0 Å². The highest BCUT2D eigenvalue weighted by molar-refractivity contribution is 5.43. The lowest BCUT2D eigenvalue weighted by Gasteiger charge is -2.27. The molecule has 0 aliphatic carbocycles. The average molecular weight is 263 g/mol. The van der Waals surface area contributed by atoms with E-state index in [4.69, 9.17) is 4.98 Å². The van der Waals surface area contributed by atoms with Crippen LogP contribution in [0.4, 0.5) is 5.82 Å². The molecule has 0 aliphatic heterocycles. The van der Waals surface area contributed by atoms with Gasteiger partial charge in [-0.25, -0.2) is 4.98 Å². The van der Waals surface area contributed by atoms with E-state index in [1.54, 1.807) is 0 Å². The Kier molecular flexibility index (Phi) is 6.29. The van der Waals surface area contributed by atoms with Crippen LogP contribution in [-0.2, 0) is 6.54 Å². The van der Waals surface area contributed by atoms with E-state index in [0.717, 1.165) is 12.4 Å². The monoisotopic (exact) mass is 263 g/mol. The number of anilines is 1. The van der Waals surface area contributed by atoms with Crippen molar-refractivity contribution in [3.8, 4) is 0 Å². The summed E-state index contributed by atoms with van der Waals surface area (Å²) in [5, 5.41) is 3.22. The number of pyridine rings is 1. The fourth-order valence-corrected chi connectivity index (χ4v) is 2.21. The molecule has 1 N–H and O–H groups in total. The predicted octanol–water partition coefficient (Wildman–Crippen LogP) is 3.55. The molecule has 0 radical (unpaired) electrons. The first-order chi connectivity index (χ1) is 8.99. The minimum atomic E-state index is 0.463. The normalized spacial score (nSPS) is 12.8. The number of hydrogen-bond donors (Lipinski definition) is 1. The molecule has 0 saturated carbocycles. The second kappa shape index (κ2) is 7.49. The molecule has 108 valence electrons. The lowest BCUT2D eigenvalue weighted by Crippen LogP contribution is -2.29. The summed E-state index contributed by atoms with van der Waals surface area (Å²) in [7, 11) is 4.13. The highest BCUT2D eigenvalue weighted by Crippen LogP contribution is 2.22. The summed E-state index contributed by atoms with van der Waals surface area (Å²) in [4.78, 5) is 7.12. The van der Waals surface area contributed by atoms with E-state index in [1.165, 1.54) is 24.1 Å². The summed E-state index contributed by atoms with van der Waals surface area (Å²) in [5.41, 5.74) is 2.49. The van der Waals surface area contributed by atoms with E-state index in [1.807, 2.05) is 7.05 Å². The molecule has 1 aromatic rings. The summed E-state index contributed by atoms with van der Waals surface area (Å²) < 4.78 is 0. The van der Waals surface area contributed by atoms with E-state index in [9.17, 15) is 0 Å². The number of aromatic nitrogens is 1. The molecule has 1 aromatic heterocycles. The van der Waals surface area contributed by atoms with Crippen molar-refractivity contribution in [2.45, 2.75) is 59.0 Å². The zero-order chi connectivity index (χ0) is 14.4. The zero-order valence-corrected chi connectivity index (χ0v) is 13.3. The second-order valence-corrected chi connectivity index (χ2v) is 5.69. The first-order valence-electron chi connectivity index (χ1n) is 7.37. The first kappa shape index (κ1) is 16.0. The quantitative estimate of drug-likeness (QED) is 0.815. The maximum atomic E-state index is 4.82. The Balaban J connectivity index is 3.04. The van der Waals surface area contributed by atoms with Crippen molar-refractivity contribution in [2.24, 2.45) is 0 Å². The third-order valence-corrected chi connectivity index (χ3v) is 3.59. The van der Waals surface area contributed by atoms with Gasteiger partial charge in [-0.2, -0.15) is 0 Å². The van der Waals surface area contributed by atoms with Gasteiger partial charge in [0.25, 0.3) is 0 Å². The number of rotatable bonds is 7. The highest BCUT2D eigenvalue weighted by atomic mass is 15.2. The summed E-state index contributed by atoms with van der Waals surface area (Å²) in [6, 6.07) is 4.94. The Morgan fingerprint density at radius 3 is 2.47 bits per heavy atom. The predicted molar refractivity (Wildman–Crippen MR) is 83.9 cm³/mol. The van der Waals surface area contributed by atoms with Crippen molar-refractivity contribution in [3.05, 3.63) is 23.4 Å². The van der Waals surface area contributed by atoms with Crippen LogP contribution in [0.1, 0.15) is 57.7 Å². The summed E-state index contributed by atoms with van der Waals surface area (Å²) in [6.07, 6.45) is 2.41. The van der Waals surface area contributed by atoms with Crippen LogP contribution in [-0.4, -0.2) is 25.1 Å². The average Bonchev–Trinajstić information content (AvgIpc) is 2.38. The van der Waals surface area contributed by atoms with Gasteiger partial charge < -0.3 is 10.2 Å². The Hall–Kier alpha value is -1.09. The minimum Gasteiger partial charge on any atom is -0.357 e. The Morgan fingerprint density at radius 2 is 1.95 bits per heavy atom. The number of hydrogen-bond acceptors (Lipinski definition) is 3. The lowest BCUT2D eigenvalue weighted by atomic mass is 10.1. The molecule has 3 heteroatoms. The highest BCUT2D eigenvalue weighted by Gasteiger charge is 2.13. The summed E-state index contributed by atoms with van der Waals surface area (Å²) in [5.74, 6) is 1.56. The van der Waals surface area contributed by atoms with Crippen molar-refractivity contribution in [1.82, 2.24) is 10.3 Å². The van der Waals surface area contributed by atoms with Crippen molar-refractivity contribution < 1.29 is 0 Å². The third kappa shape index (κ3) is 4.50. The largest absolute Gasteiger partial charge is 0.357 e. The molecule has 1 unspecified atom stereocenters. The minimum absolute atomic E-state index is 0.463. The van der Waals surface area contributed by atoms with Gasteiger partial charge in [0, 0.05) is 25.3 Å². The molecule has 0 saturated heterocycles. The maximum Gasteiger partial charge on any atom is 0.129 e. The molecular weight excluding hydrogens is 234 g/mol. The molecule has 0 fully saturated rings. The van der Waals surface area contributed by atoms with Crippen LogP contribution in [0.15, 0.2) is 12.1 Å². The van der Waals surface area contributed by atoms with Crippen LogP contribution < -0.4 is 10.2 Å². The smallest absolute Gasteiger partial charge is 0.129 e. The third-order valence-electron chi connectivity index (χ3n) is 3.59. The fraction of sp³-hybridized carbons (Fsp3) is 0.688. The van der Waals surface area contributed by atoms with E-state index in [-0.39, 0.29) is 0 Å². The standard InChI is InChI=1S/C16H29N3/c1-7-8-13(4)19(6)16-10-14(11-17-5)9-15(18-16)12(2)3/h9-10,12-13,17H,7-8,11H2,1-6H3. The molecule has 0 bridgehead atoms. The van der Waals surface area contributed by atoms with Crippen LogP contribution in [0.3, 0.4) is 0 Å². The van der Waals surface area contributed by atoms with Gasteiger partial charge in [0.05, 0.1) is 0 Å². The Labute approximate surface area is 118 Å². The van der Waals surface area contributed by atoms with E-state index in [2.05, 4.69) is 57.1 Å². The molecule has 0 amide bonds. The van der Waals surface area contributed by atoms with Crippen LogP contribution in [0.25, 0.3) is 0 Å². The molecule has 3 nitrogen and oxygen atoms in total. The van der Waals surface area contributed by atoms with Gasteiger partial charge in [-0.1, -0.05) is 27.2 Å². The van der Waals surface area contributed by atoms with Crippen LogP contribution in [0.5, 0.6) is 0 Å². The van der Waals surface area contributed by atoms with Crippen molar-refractivity contribution in [2.75, 3.05) is 19.0 Å². The van der Waals surface area contributed by atoms with Gasteiger partial charge in [-0.15, -0.1) is 0 Å². The van der Waals surface area contributed by atoms with Gasteiger partial charge in [0.2, 0.25) is 0 Å². The lowest BCUT2D eigenvalue weighted by molar-refractivity contribution is 0.608. The summed E-state index contributed by atoms with van der Waals surface area (Å²) >= 11 is 0. The van der Waals surface area contributed by atoms with Gasteiger partial charge in [-0.3, -0.25) is 0 Å². The van der Waals surface area contributed by atoms with Gasteiger partial charge in [0.1, 0.15) is 5.82 Å². The Bertz CT molecular complexity index is 388. The van der Waals surface area contributed by atoms with Gasteiger partial charge in [0.15, 0.2) is 0 Å². The fourth-order valence-electron chi connectivity index (χ4n) is 2.21. The van der Waals surface area contributed by atoms with E-state index < -0.39 is 0 Å².